The molecule has 98 valence electrons. The highest BCUT2D eigenvalue weighted by Gasteiger charge is 2.35. The number of hydrogen-bond donors (Lipinski definition) is 1. The van der Waals surface area contributed by atoms with Crippen molar-refractivity contribution in [3.05, 3.63) is 0 Å². The first-order chi connectivity index (χ1) is 8.33. The fourth-order valence-electron chi connectivity index (χ4n) is 3.11. The summed E-state index contributed by atoms with van der Waals surface area (Å²) >= 11 is 0. The van der Waals surface area contributed by atoms with Gasteiger partial charge in [0.05, 0.1) is 12.7 Å². The lowest BCUT2D eigenvalue weighted by molar-refractivity contribution is 0.00348. The molecule has 4 heteroatoms. The molecule has 3 rings (SSSR count). The molecule has 0 aromatic rings. The Balaban J connectivity index is 1.43. The highest BCUT2D eigenvalue weighted by Crippen LogP contribution is 2.30. The lowest BCUT2D eigenvalue weighted by atomic mass is 10.2. The van der Waals surface area contributed by atoms with Gasteiger partial charge in [0.2, 0.25) is 0 Å². The molecule has 2 saturated heterocycles. The molecule has 0 aromatic carbocycles. The molecule has 1 saturated carbocycles. The third-order valence-electron chi connectivity index (χ3n) is 4.38. The maximum absolute atomic E-state index is 5.78. The van der Waals surface area contributed by atoms with Gasteiger partial charge in [0.15, 0.2) is 0 Å². The summed E-state index contributed by atoms with van der Waals surface area (Å²) in [6, 6.07) is 1.68. The molecule has 17 heavy (non-hydrogen) atoms. The molecule has 2 unspecified atom stereocenters. The van der Waals surface area contributed by atoms with Crippen LogP contribution >= 0.6 is 0 Å². The molecule has 2 heterocycles. The summed E-state index contributed by atoms with van der Waals surface area (Å²) in [5.74, 6) is 0. The van der Waals surface area contributed by atoms with Gasteiger partial charge in [-0.2, -0.15) is 0 Å². The maximum atomic E-state index is 5.78. The second kappa shape index (κ2) is 5.22. The summed E-state index contributed by atoms with van der Waals surface area (Å²) in [5.41, 5.74) is 0. The summed E-state index contributed by atoms with van der Waals surface area (Å²) in [6.45, 7) is 6.57. The van der Waals surface area contributed by atoms with Crippen LogP contribution in [0.25, 0.3) is 0 Å². The number of morpholine rings is 1. The van der Waals surface area contributed by atoms with Crippen molar-refractivity contribution in [3.8, 4) is 0 Å². The van der Waals surface area contributed by atoms with E-state index in [4.69, 9.17) is 4.74 Å². The zero-order chi connectivity index (χ0) is 11.7. The number of likely N-dealkylation sites (N-methyl/N-ethyl adjacent to an activating group) is 1. The SMILES string of the molecule is CN(CC1CNCCO1)C1CCN(C2CC2)C1. The van der Waals surface area contributed by atoms with Crippen molar-refractivity contribution >= 4 is 0 Å². The van der Waals surface area contributed by atoms with Gasteiger partial charge in [0, 0.05) is 44.8 Å². The minimum Gasteiger partial charge on any atom is -0.374 e. The summed E-state index contributed by atoms with van der Waals surface area (Å²) < 4.78 is 5.78. The van der Waals surface area contributed by atoms with E-state index in [1.54, 1.807) is 0 Å². The number of nitrogens with one attached hydrogen (secondary N) is 1. The van der Waals surface area contributed by atoms with Crippen molar-refractivity contribution in [2.45, 2.75) is 37.5 Å². The molecule has 0 amide bonds. The molecule has 4 nitrogen and oxygen atoms in total. The zero-order valence-corrected chi connectivity index (χ0v) is 10.9. The van der Waals surface area contributed by atoms with Crippen molar-refractivity contribution in [1.29, 1.82) is 0 Å². The quantitative estimate of drug-likeness (QED) is 0.755. The van der Waals surface area contributed by atoms with Gasteiger partial charge >= 0.3 is 0 Å². The minimum absolute atomic E-state index is 0.392. The standard InChI is InChI=1S/C13H25N3O/c1-15(10-13-8-14-5-7-17-13)12-4-6-16(9-12)11-2-3-11/h11-14H,2-10H2,1H3. The highest BCUT2D eigenvalue weighted by molar-refractivity contribution is 4.92. The molecule has 0 aromatic heterocycles. The van der Waals surface area contributed by atoms with Gasteiger partial charge in [-0.1, -0.05) is 0 Å². The van der Waals surface area contributed by atoms with Crippen molar-refractivity contribution in [3.63, 3.8) is 0 Å². The minimum atomic E-state index is 0.392. The second-order valence-corrected chi connectivity index (χ2v) is 5.81. The van der Waals surface area contributed by atoms with Crippen LogP contribution in [0, 0.1) is 0 Å². The van der Waals surface area contributed by atoms with Crippen LogP contribution in [0.5, 0.6) is 0 Å². The fraction of sp³-hybridized carbons (Fsp3) is 1.00. The zero-order valence-electron chi connectivity index (χ0n) is 10.9. The van der Waals surface area contributed by atoms with E-state index in [-0.39, 0.29) is 0 Å². The summed E-state index contributed by atoms with van der Waals surface area (Å²) in [5, 5.41) is 3.41. The monoisotopic (exact) mass is 239 g/mol. The van der Waals surface area contributed by atoms with Crippen LogP contribution in [-0.4, -0.2) is 74.4 Å². The lowest BCUT2D eigenvalue weighted by Gasteiger charge is -2.31. The van der Waals surface area contributed by atoms with E-state index in [0.717, 1.165) is 38.3 Å². The third kappa shape index (κ3) is 2.99. The van der Waals surface area contributed by atoms with Crippen LogP contribution in [0.1, 0.15) is 19.3 Å². The van der Waals surface area contributed by atoms with E-state index >= 15 is 0 Å². The summed E-state index contributed by atoms with van der Waals surface area (Å²) in [7, 11) is 2.26. The van der Waals surface area contributed by atoms with Gasteiger partial charge in [-0.05, 0) is 26.3 Å². The predicted octanol–water partition coefficient (Wildman–Crippen LogP) is 0.143. The van der Waals surface area contributed by atoms with Crippen LogP contribution in [0.3, 0.4) is 0 Å². The predicted molar refractivity (Wildman–Crippen MR) is 68.2 cm³/mol. The van der Waals surface area contributed by atoms with Gasteiger partial charge < -0.3 is 10.1 Å². The van der Waals surface area contributed by atoms with E-state index in [9.17, 15) is 0 Å². The molecule has 3 aliphatic rings. The Morgan fingerprint density at radius 3 is 2.94 bits per heavy atom. The van der Waals surface area contributed by atoms with Crippen LogP contribution in [0.4, 0.5) is 0 Å². The molecular formula is C13H25N3O. The van der Waals surface area contributed by atoms with Crippen LogP contribution in [-0.2, 0) is 4.74 Å². The van der Waals surface area contributed by atoms with Crippen molar-refractivity contribution in [2.75, 3.05) is 46.4 Å². The molecular weight excluding hydrogens is 214 g/mol. The number of ether oxygens (including phenoxy) is 1. The summed E-state index contributed by atoms with van der Waals surface area (Å²) in [4.78, 5) is 5.20. The van der Waals surface area contributed by atoms with E-state index in [2.05, 4.69) is 22.2 Å². The van der Waals surface area contributed by atoms with E-state index in [1.807, 2.05) is 0 Å². The number of nitrogens with zero attached hydrogens (tertiary/aromatic N) is 2. The first-order valence-corrected chi connectivity index (χ1v) is 7.09. The van der Waals surface area contributed by atoms with E-state index in [0.29, 0.717) is 6.10 Å². The van der Waals surface area contributed by atoms with Crippen molar-refractivity contribution in [2.24, 2.45) is 0 Å². The molecule has 1 aliphatic carbocycles. The van der Waals surface area contributed by atoms with Gasteiger partial charge in [0.25, 0.3) is 0 Å². The number of rotatable bonds is 4. The smallest absolute Gasteiger partial charge is 0.0826 e. The Morgan fingerprint density at radius 1 is 1.35 bits per heavy atom. The highest BCUT2D eigenvalue weighted by atomic mass is 16.5. The molecule has 1 N–H and O–H groups in total. The van der Waals surface area contributed by atoms with Gasteiger partial charge in [-0.3, -0.25) is 9.80 Å². The van der Waals surface area contributed by atoms with Gasteiger partial charge in [-0.25, -0.2) is 0 Å². The normalized spacial score (nSPS) is 35.6. The van der Waals surface area contributed by atoms with E-state index < -0.39 is 0 Å². The summed E-state index contributed by atoms with van der Waals surface area (Å²) in [6.07, 6.45) is 4.61. The lowest BCUT2D eigenvalue weighted by Crippen LogP contribution is -2.47. The van der Waals surface area contributed by atoms with Crippen LogP contribution < -0.4 is 5.32 Å². The first kappa shape index (κ1) is 11.9. The van der Waals surface area contributed by atoms with Crippen LogP contribution in [0.15, 0.2) is 0 Å². The topological polar surface area (TPSA) is 27.7 Å². The molecule has 2 aliphatic heterocycles. The molecule has 2 atom stereocenters. The Bertz CT molecular complexity index is 251. The molecule has 3 fully saturated rings. The average molecular weight is 239 g/mol. The second-order valence-electron chi connectivity index (χ2n) is 5.81. The Hall–Kier alpha value is -0.160. The number of likely N-dealkylation sites (tertiary alicyclic amines) is 1. The van der Waals surface area contributed by atoms with Gasteiger partial charge in [-0.15, -0.1) is 0 Å². The average Bonchev–Trinajstić information content (AvgIpc) is 3.08. The largest absolute Gasteiger partial charge is 0.374 e. The third-order valence-corrected chi connectivity index (χ3v) is 4.38. The Kier molecular flexibility index (Phi) is 3.66. The fourth-order valence-corrected chi connectivity index (χ4v) is 3.11. The Morgan fingerprint density at radius 2 is 2.24 bits per heavy atom. The molecule has 0 radical (unpaired) electrons. The first-order valence-electron chi connectivity index (χ1n) is 7.09. The van der Waals surface area contributed by atoms with Crippen molar-refractivity contribution < 1.29 is 4.74 Å². The van der Waals surface area contributed by atoms with E-state index in [1.165, 1.54) is 32.4 Å². The maximum Gasteiger partial charge on any atom is 0.0826 e. The molecule has 0 bridgehead atoms. The van der Waals surface area contributed by atoms with Crippen molar-refractivity contribution in [1.82, 2.24) is 15.1 Å². The Labute approximate surface area is 104 Å². The van der Waals surface area contributed by atoms with Gasteiger partial charge in [0.1, 0.15) is 0 Å². The number of hydrogen-bond acceptors (Lipinski definition) is 4. The molecule has 0 spiro atoms. The van der Waals surface area contributed by atoms with Crippen LogP contribution in [0.2, 0.25) is 0 Å².